The van der Waals surface area contributed by atoms with Gasteiger partial charge in [-0.2, -0.15) is 0 Å². The largest absolute Gasteiger partial charge is 0.347 e. The fourth-order valence-electron chi connectivity index (χ4n) is 4.51. The van der Waals surface area contributed by atoms with Crippen molar-refractivity contribution >= 4 is 22.5 Å². The Labute approximate surface area is 206 Å². The Kier molecular flexibility index (Phi) is 6.16. The van der Waals surface area contributed by atoms with Gasteiger partial charge < -0.3 is 10.3 Å². The maximum atomic E-state index is 6.00. The van der Waals surface area contributed by atoms with E-state index in [9.17, 15) is 0 Å². The van der Waals surface area contributed by atoms with Gasteiger partial charge in [0.25, 0.3) is 0 Å². The van der Waals surface area contributed by atoms with E-state index in [2.05, 4.69) is 57.8 Å². The lowest BCUT2D eigenvalue weighted by atomic mass is 9.94. The Morgan fingerprint density at radius 3 is 2.53 bits per heavy atom. The minimum absolute atomic E-state index is 0.131. The van der Waals surface area contributed by atoms with Crippen molar-refractivity contribution in [1.29, 1.82) is 0 Å². The molecule has 1 aliphatic rings. The number of nitrogens with zero attached hydrogens (tertiary/aromatic N) is 2. The number of benzene rings is 2. The van der Waals surface area contributed by atoms with Crippen molar-refractivity contribution in [3.05, 3.63) is 89.3 Å². The summed E-state index contributed by atoms with van der Waals surface area (Å²) in [5.41, 5.74) is 11.4. The van der Waals surface area contributed by atoms with Gasteiger partial charge in [0.05, 0.1) is 6.04 Å². The molecule has 2 aromatic carbocycles. The predicted molar refractivity (Wildman–Crippen MR) is 140 cm³/mol. The van der Waals surface area contributed by atoms with Crippen LogP contribution in [0.25, 0.3) is 22.0 Å². The summed E-state index contributed by atoms with van der Waals surface area (Å²) in [6, 6.07) is 20.1. The highest BCUT2D eigenvalue weighted by molar-refractivity contribution is 6.30. The molecular weight excluding hydrogens is 438 g/mol. The second-order valence-electron chi connectivity index (χ2n) is 9.20. The molecule has 0 spiro atoms. The first-order chi connectivity index (χ1) is 16.5. The van der Waals surface area contributed by atoms with E-state index in [4.69, 9.17) is 23.8 Å². The smallest absolute Gasteiger partial charge is 0.113 e. The molecule has 2 N–H and O–H groups in total. The van der Waals surface area contributed by atoms with Gasteiger partial charge in [0.15, 0.2) is 0 Å². The summed E-state index contributed by atoms with van der Waals surface area (Å²) >= 11 is 5.97. The zero-order valence-corrected chi connectivity index (χ0v) is 19.7. The molecule has 3 nitrogen and oxygen atoms in total. The molecule has 4 aromatic rings. The fraction of sp³-hybridized carbons (Fsp3) is 0.233. The number of aryl methyl sites for hydroxylation is 1. The Morgan fingerprint density at radius 2 is 1.82 bits per heavy atom. The molecule has 1 fully saturated rings. The Bertz CT molecular complexity index is 1410. The minimum Gasteiger partial charge on any atom is -0.347 e. The van der Waals surface area contributed by atoms with Crippen molar-refractivity contribution in [1.82, 2.24) is 9.55 Å². The number of hydrogen-bond donors (Lipinski definition) is 1. The molecule has 1 aliphatic carbocycles. The summed E-state index contributed by atoms with van der Waals surface area (Å²) in [6.07, 6.45) is 14.0. The van der Waals surface area contributed by atoms with Crippen molar-refractivity contribution in [2.24, 2.45) is 11.1 Å². The van der Waals surface area contributed by atoms with Crippen molar-refractivity contribution < 1.29 is 0 Å². The summed E-state index contributed by atoms with van der Waals surface area (Å²) in [5.74, 6) is 9.11. The second kappa shape index (κ2) is 9.40. The molecule has 0 saturated heterocycles. The summed E-state index contributed by atoms with van der Waals surface area (Å²) in [5, 5.41) is 1.92. The highest BCUT2D eigenvalue weighted by Crippen LogP contribution is 2.52. The van der Waals surface area contributed by atoms with Crippen LogP contribution >= 0.6 is 11.6 Å². The van der Waals surface area contributed by atoms with Crippen LogP contribution in [0.4, 0.5) is 0 Å². The van der Waals surface area contributed by atoms with Crippen molar-refractivity contribution in [3.63, 3.8) is 0 Å². The second-order valence-corrected chi connectivity index (χ2v) is 9.64. The van der Waals surface area contributed by atoms with Crippen LogP contribution in [0.5, 0.6) is 0 Å². The molecule has 2 heterocycles. The van der Waals surface area contributed by atoms with E-state index >= 15 is 0 Å². The first-order valence-corrected chi connectivity index (χ1v) is 12.0. The number of halogens is 1. The minimum atomic E-state index is -0.131. The summed E-state index contributed by atoms with van der Waals surface area (Å²) in [6.45, 7) is 0.982. The van der Waals surface area contributed by atoms with Crippen LogP contribution in [0.1, 0.15) is 36.9 Å². The van der Waals surface area contributed by atoms with Gasteiger partial charge in [-0.1, -0.05) is 41.6 Å². The third-order valence-corrected chi connectivity index (χ3v) is 7.01. The number of nitrogens with two attached hydrogens (primary N) is 1. The van der Waals surface area contributed by atoms with Gasteiger partial charge >= 0.3 is 0 Å². The van der Waals surface area contributed by atoms with Crippen LogP contribution in [0, 0.1) is 29.6 Å². The molecule has 0 aliphatic heterocycles. The van der Waals surface area contributed by atoms with E-state index in [0.717, 1.165) is 46.8 Å². The lowest BCUT2D eigenvalue weighted by Gasteiger charge is -2.17. The third kappa shape index (κ3) is 5.02. The van der Waals surface area contributed by atoms with Gasteiger partial charge in [0.2, 0.25) is 0 Å². The van der Waals surface area contributed by atoms with E-state index in [0.29, 0.717) is 5.41 Å². The topological polar surface area (TPSA) is 43.8 Å². The molecule has 0 radical (unpaired) electrons. The van der Waals surface area contributed by atoms with Crippen molar-refractivity contribution in [2.45, 2.75) is 38.3 Å². The average Bonchev–Trinajstić information content (AvgIpc) is 3.51. The van der Waals surface area contributed by atoms with Gasteiger partial charge in [0, 0.05) is 46.0 Å². The average molecular weight is 464 g/mol. The Morgan fingerprint density at radius 1 is 1.03 bits per heavy atom. The van der Waals surface area contributed by atoms with E-state index in [1.807, 2.05) is 42.6 Å². The zero-order chi connectivity index (χ0) is 23.5. The number of pyridine rings is 1. The molecule has 0 amide bonds. The molecule has 0 bridgehead atoms. The summed E-state index contributed by atoms with van der Waals surface area (Å²) in [4.78, 5) is 4.51. The van der Waals surface area contributed by atoms with Crippen LogP contribution in [-0.2, 0) is 6.54 Å². The maximum Gasteiger partial charge on any atom is 0.113 e. The molecular formula is C30H26ClN3. The number of hydrogen-bond acceptors (Lipinski definition) is 2. The lowest BCUT2D eigenvalue weighted by Crippen LogP contribution is -2.23. The van der Waals surface area contributed by atoms with Gasteiger partial charge in [0.1, 0.15) is 5.69 Å². The third-order valence-electron chi connectivity index (χ3n) is 6.75. The van der Waals surface area contributed by atoms with Crippen LogP contribution in [0.2, 0.25) is 5.02 Å². The number of aromatic nitrogens is 2. The Balaban J connectivity index is 1.26. The summed E-state index contributed by atoms with van der Waals surface area (Å²) in [7, 11) is 0. The van der Waals surface area contributed by atoms with E-state index in [-0.39, 0.29) is 6.04 Å². The summed E-state index contributed by atoms with van der Waals surface area (Å²) < 4.78 is 2.32. The fourth-order valence-corrected chi connectivity index (χ4v) is 4.63. The standard InChI is InChI=1S/C30H26ClN3/c1-2-27(32)20-30(14-15-30)16-18-34-17-13-24-19-22(4-12-29(24)34)3-10-28-11-7-25(21-33-28)23-5-8-26(31)9-6-23/h1,4-9,11-13,17,19,21,27H,14-16,18,20,32H2. The molecule has 34 heavy (non-hydrogen) atoms. The van der Waals surface area contributed by atoms with E-state index in [1.54, 1.807) is 0 Å². The quantitative estimate of drug-likeness (QED) is 0.342. The van der Waals surface area contributed by atoms with Gasteiger partial charge in [-0.05, 0) is 85.0 Å². The predicted octanol–water partition coefficient (Wildman–Crippen LogP) is 6.28. The van der Waals surface area contributed by atoms with Crippen molar-refractivity contribution in [3.8, 4) is 35.3 Å². The molecule has 1 atom stereocenters. The van der Waals surface area contributed by atoms with Crippen LogP contribution in [0.3, 0.4) is 0 Å². The van der Waals surface area contributed by atoms with Gasteiger partial charge in [-0.15, -0.1) is 6.42 Å². The SMILES string of the molecule is C#CC(N)CC1(CCn2ccc3cc(C#Cc4ccc(-c5ccc(Cl)cc5)cn4)ccc32)CC1. The monoisotopic (exact) mass is 463 g/mol. The molecule has 2 aromatic heterocycles. The molecule has 168 valence electrons. The van der Waals surface area contributed by atoms with Crippen LogP contribution in [0.15, 0.2) is 73.1 Å². The maximum absolute atomic E-state index is 6.00. The molecule has 1 saturated carbocycles. The molecule has 5 rings (SSSR count). The van der Waals surface area contributed by atoms with Crippen molar-refractivity contribution in [2.75, 3.05) is 0 Å². The normalized spacial score (nSPS) is 14.7. The van der Waals surface area contributed by atoms with E-state index < -0.39 is 0 Å². The lowest BCUT2D eigenvalue weighted by molar-refractivity contribution is 0.388. The number of fused-ring (bicyclic) bond motifs is 1. The molecule has 4 heteroatoms. The molecule has 1 unspecified atom stereocenters. The van der Waals surface area contributed by atoms with Gasteiger partial charge in [-0.3, -0.25) is 0 Å². The number of rotatable bonds is 6. The number of terminal acetylenes is 1. The van der Waals surface area contributed by atoms with Crippen LogP contribution in [-0.4, -0.2) is 15.6 Å². The van der Waals surface area contributed by atoms with Crippen LogP contribution < -0.4 is 5.73 Å². The zero-order valence-electron chi connectivity index (χ0n) is 19.0. The van der Waals surface area contributed by atoms with Gasteiger partial charge in [-0.25, -0.2) is 4.98 Å². The highest BCUT2D eigenvalue weighted by Gasteiger charge is 2.42. The first kappa shape index (κ1) is 22.3. The van der Waals surface area contributed by atoms with E-state index in [1.165, 1.54) is 23.7 Å². The highest BCUT2D eigenvalue weighted by atomic mass is 35.5. The first-order valence-electron chi connectivity index (χ1n) is 11.6. The Hall–Kier alpha value is -3.50.